The highest BCUT2D eigenvalue weighted by Crippen LogP contribution is 2.38. The van der Waals surface area contributed by atoms with Gasteiger partial charge in [0.1, 0.15) is 15.3 Å². The maximum absolute atomic E-state index is 13.7. The summed E-state index contributed by atoms with van der Waals surface area (Å²) in [5.41, 5.74) is -0.654. The molecule has 132 valence electrons. The van der Waals surface area contributed by atoms with Gasteiger partial charge in [0.05, 0.1) is 18.3 Å². The molecule has 0 atom stereocenters. The maximum Gasteiger partial charge on any atom is 0.326 e. The lowest BCUT2D eigenvalue weighted by atomic mass is 10.1. The van der Waals surface area contributed by atoms with Crippen molar-refractivity contribution in [2.75, 3.05) is 7.11 Å². The first-order chi connectivity index (χ1) is 12.5. The van der Waals surface area contributed by atoms with E-state index in [-0.39, 0.29) is 26.0 Å². The fraction of sp³-hybridized carbons (Fsp3) is 0.118. The summed E-state index contributed by atoms with van der Waals surface area (Å²) in [6, 6.07) is 8.15. The number of hydrogen-bond acceptors (Lipinski definition) is 5. The molecule has 0 fully saturated rings. The van der Waals surface area contributed by atoms with Crippen molar-refractivity contribution >= 4 is 31.8 Å². The predicted molar refractivity (Wildman–Crippen MR) is 95.3 cm³/mol. The van der Waals surface area contributed by atoms with Crippen molar-refractivity contribution in [2.45, 2.75) is 6.43 Å². The molecule has 0 saturated carbocycles. The summed E-state index contributed by atoms with van der Waals surface area (Å²) in [5, 5.41) is 0.0925. The number of pyridine rings is 1. The minimum absolute atomic E-state index is 0.0822. The van der Waals surface area contributed by atoms with Crippen LogP contribution in [-0.2, 0) is 0 Å². The van der Waals surface area contributed by atoms with Crippen LogP contribution in [0.4, 0.5) is 8.78 Å². The van der Waals surface area contributed by atoms with E-state index >= 15 is 0 Å². The third-order valence-corrected chi connectivity index (χ3v) is 5.05. The van der Waals surface area contributed by atoms with Crippen molar-refractivity contribution in [1.29, 1.82) is 0 Å². The van der Waals surface area contributed by atoms with E-state index in [9.17, 15) is 18.4 Å². The summed E-state index contributed by atoms with van der Waals surface area (Å²) < 4.78 is 32.7. The molecule has 3 aromatic heterocycles. The molecule has 1 aromatic carbocycles. The van der Waals surface area contributed by atoms with Crippen molar-refractivity contribution in [3.8, 4) is 17.0 Å². The van der Waals surface area contributed by atoms with Crippen LogP contribution in [0, 0.1) is 0 Å². The molecule has 0 aliphatic heterocycles. The van der Waals surface area contributed by atoms with Gasteiger partial charge in [-0.2, -0.15) is 0 Å². The quantitative estimate of drug-likeness (QED) is 0.574. The standard InChI is InChI=1S/C17H11F2N3O3S/c1-25-8-4-2-3-7(5-8)10-6-9(14(18)19)11-12-13(26-16(11)20-10)15(23)22-17(24)21-12/h2-6,14H,1H3,(H2,21,22,23,24). The van der Waals surface area contributed by atoms with Gasteiger partial charge in [0, 0.05) is 16.5 Å². The number of alkyl halides is 2. The van der Waals surface area contributed by atoms with Crippen LogP contribution < -0.4 is 16.0 Å². The molecule has 0 amide bonds. The molecule has 4 aromatic rings. The summed E-state index contributed by atoms with van der Waals surface area (Å²) in [6.07, 6.45) is -2.80. The average Bonchev–Trinajstić information content (AvgIpc) is 2.99. The van der Waals surface area contributed by atoms with E-state index in [0.29, 0.717) is 17.0 Å². The lowest BCUT2D eigenvalue weighted by molar-refractivity contribution is 0.153. The Bertz CT molecular complexity index is 1260. The minimum atomic E-state index is -2.80. The van der Waals surface area contributed by atoms with Crippen LogP contribution in [0.2, 0.25) is 0 Å². The van der Waals surface area contributed by atoms with E-state index in [0.717, 1.165) is 11.3 Å². The molecule has 2 N–H and O–H groups in total. The highest BCUT2D eigenvalue weighted by molar-refractivity contribution is 7.25. The Hall–Kier alpha value is -3.07. The fourth-order valence-electron chi connectivity index (χ4n) is 2.81. The normalized spacial score (nSPS) is 11.5. The Morgan fingerprint density at radius 1 is 1.19 bits per heavy atom. The second-order valence-corrected chi connectivity index (χ2v) is 6.52. The first-order valence-corrected chi connectivity index (χ1v) is 8.32. The molecule has 26 heavy (non-hydrogen) atoms. The molecular weight excluding hydrogens is 364 g/mol. The predicted octanol–water partition coefficient (Wildman–Crippen LogP) is 3.44. The van der Waals surface area contributed by atoms with E-state index in [1.165, 1.54) is 13.2 Å². The fourth-order valence-corrected chi connectivity index (χ4v) is 3.87. The summed E-state index contributed by atoms with van der Waals surface area (Å²) in [7, 11) is 1.51. The Kier molecular flexibility index (Phi) is 3.80. The number of ether oxygens (including phenoxy) is 1. The van der Waals surface area contributed by atoms with Gasteiger partial charge in [0.2, 0.25) is 0 Å². The summed E-state index contributed by atoms with van der Waals surface area (Å²) in [5.74, 6) is 0.570. The number of methoxy groups -OCH3 is 1. The first kappa shape index (κ1) is 16.4. The van der Waals surface area contributed by atoms with Crippen molar-refractivity contribution in [2.24, 2.45) is 0 Å². The number of nitrogens with one attached hydrogen (secondary N) is 2. The largest absolute Gasteiger partial charge is 0.497 e. The highest BCUT2D eigenvalue weighted by atomic mass is 32.1. The molecule has 0 unspecified atom stereocenters. The van der Waals surface area contributed by atoms with Crippen molar-refractivity contribution in [1.82, 2.24) is 15.0 Å². The lowest BCUT2D eigenvalue weighted by Gasteiger charge is -2.08. The van der Waals surface area contributed by atoms with Gasteiger partial charge in [-0.3, -0.25) is 9.78 Å². The molecule has 6 nitrogen and oxygen atoms in total. The zero-order valence-corrected chi connectivity index (χ0v) is 14.1. The zero-order chi connectivity index (χ0) is 18.4. The number of aromatic amines is 2. The lowest BCUT2D eigenvalue weighted by Crippen LogP contribution is -2.20. The van der Waals surface area contributed by atoms with Crippen LogP contribution in [0.1, 0.15) is 12.0 Å². The maximum atomic E-state index is 13.7. The molecule has 3 heterocycles. The second kappa shape index (κ2) is 6.03. The number of nitrogens with zero attached hydrogens (tertiary/aromatic N) is 1. The Morgan fingerprint density at radius 2 is 2.00 bits per heavy atom. The van der Waals surface area contributed by atoms with Gasteiger partial charge in [-0.1, -0.05) is 12.1 Å². The van der Waals surface area contributed by atoms with Gasteiger partial charge in [-0.25, -0.2) is 18.6 Å². The first-order valence-electron chi connectivity index (χ1n) is 7.50. The van der Waals surface area contributed by atoms with Crippen molar-refractivity contribution in [3.05, 3.63) is 56.7 Å². The highest BCUT2D eigenvalue weighted by Gasteiger charge is 2.21. The number of fused-ring (bicyclic) bond motifs is 3. The number of rotatable bonds is 3. The molecule has 4 rings (SSSR count). The minimum Gasteiger partial charge on any atom is -0.497 e. The van der Waals surface area contributed by atoms with E-state index < -0.39 is 17.7 Å². The Balaban J connectivity index is 2.09. The molecule has 9 heteroatoms. The molecule has 0 spiro atoms. The molecule has 0 saturated heterocycles. The van der Waals surface area contributed by atoms with Gasteiger partial charge in [-0.05, 0) is 18.2 Å². The second-order valence-electron chi connectivity index (χ2n) is 5.52. The van der Waals surface area contributed by atoms with Crippen LogP contribution in [0.15, 0.2) is 39.9 Å². The molecule has 0 aliphatic rings. The monoisotopic (exact) mass is 375 g/mol. The SMILES string of the molecule is COc1cccc(-c2cc(C(F)F)c3c(n2)sc2c(=O)[nH]c(=O)[nH]c23)c1. The van der Waals surface area contributed by atoms with Gasteiger partial charge < -0.3 is 9.72 Å². The summed E-state index contributed by atoms with van der Waals surface area (Å²) in [4.78, 5) is 32.8. The van der Waals surface area contributed by atoms with Crippen LogP contribution in [0.3, 0.4) is 0 Å². The Morgan fingerprint density at radius 3 is 2.73 bits per heavy atom. The summed E-state index contributed by atoms with van der Waals surface area (Å²) >= 11 is 0.958. The smallest absolute Gasteiger partial charge is 0.326 e. The van der Waals surface area contributed by atoms with Gasteiger partial charge in [-0.15, -0.1) is 11.3 Å². The van der Waals surface area contributed by atoms with Crippen LogP contribution in [0.25, 0.3) is 31.7 Å². The third-order valence-electron chi connectivity index (χ3n) is 3.96. The number of H-pyrrole nitrogens is 2. The van der Waals surface area contributed by atoms with E-state index in [2.05, 4.69) is 15.0 Å². The van der Waals surface area contributed by atoms with E-state index in [1.807, 2.05) is 0 Å². The third kappa shape index (κ3) is 2.57. The zero-order valence-electron chi connectivity index (χ0n) is 13.3. The van der Waals surface area contributed by atoms with Crippen LogP contribution >= 0.6 is 11.3 Å². The molecule has 0 bridgehead atoms. The van der Waals surface area contributed by atoms with E-state index in [4.69, 9.17) is 4.74 Å². The van der Waals surface area contributed by atoms with Crippen molar-refractivity contribution < 1.29 is 13.5 Å². The molecular formula is C17H11F2N3O3S. The van der Waals surface area contributed by atoms with Gasteiger partial charge in [0.15, 0.2) is 0 Å². The van der Waals surface area contributed by atoms with Gasteiger partial charge >= 0.3 is 5.69 Å². The van der Waals surface area contributed by atoms with E-state index in [1.54, 1.807) is 24.3 Å². The number of benzene rings is 1. The van der Waals surface area contributed by atoms with Crippen LogP contribution in [0.5, 0.6) is 5.75 Å². The summed E-state index contributed by atoms with van der Waals surface area (Å²) in [6.45, 7) is 0. The van der Waals surface area contributed by atoms with Crippen molar-refractivity contribution in [3.63, 3.8) is 0 Å². The number of thiophene rings is 1. The number of aromatic nitrogens is 3. The number of halogens is 2. The molecule has 0 aliphatic carbocycles. The van der Waals surface area contributed by atoms with Crippen LogP contribution in [-0.4, -0.2) is 22.1 Å². The topological polar surface area (TPSA) is 87.8 Å². The molecule has 0 radical (unpaired) electrons. The van der Waals surface area contributed by atoms with Gasteiger partial charge in [0.25, 0.3) is 12.0 Å². The number of hydrogen-bond donors (Lipinski definition) is 2. The Labute approximate surface area is 148 Å². The average molecular weight is 375 g/mol.